The average Bonchev–Trinajstić information content (AvgIpc) is 2.28. The first-order valence-electron chi connectivity index (χ1n) is 6.41. The van der Waals surface area contributed by atoms with Gasteiger partial charge in [-0.2, -0.15) is 0 Å². The van der Waals surface area contributed by atoms with Crippen LogP contribution in [-0.4, -0.2) is 18.6 Å². The molecule has 0 atom stereocenters. The van der Waals surface area contributed by atoms with Crippen LogP contribution in [0.25, 0.3) is 0 Å². The minimum absolute atomic E-state index is 0.0571. The molecule has 1 N–H and O–H groups in total. The fourth-order valence-corrected chi connectivity index (χ4v) is 2.08. The minimum Gasteiger partial charge on any atom is -0.497 e. The highest BCUT2D eigenvalue weighted by Crippen LogP contribution is 2.14. The van der Waals surface area contributed by atoms with Crippen molar-refractivity contribution in [2.75, 3.05) is 7.11 Å². The lowest BCUT2D eigenvalue weighted by Crippen LogP contribution is -2.43. The Morgan fingerprint density at radius 1 is 1.39 bits per heavy atom. The lowest BCUT2D eigenvalue weighted by atomic mass is 9.98. The van der Waals surface area contributed by atoms with Crippen molar-refractivity contribution in [2.24, 2.45) is 0 Å². The van der Waals surface area contributed by atoms with Gasteiger partial charge in [-0.25, -0.2) is 0 Å². The van der Waals surface area contributed by atoms with Crippen LogP contribution in [0.1, 0.15) is 39.2 Å². The summed E-state index contributed by atoms with van der Waals surface area (Å²) in [5, 5.41) is 3.06. The van der Waals surface area contributed by atoms with Gasteiger partial charge in [-0.15, -0.1) is 0 Å². The first-order valence-corrected chi connectivity index (χ1v) is 6.41. The predicted molar refractivity (Wildman–Crippen MR) is 73.8 cm³/mol. The Kier molecular flexibility index (Phi) is 5.20. The molecule has 100 valence electrons. The molecular formula is C15H23NO2. The van der Waals surface area contributed by atoms with Crippen molar-refractivity contribution in [1.29, 1.82) is 0 Å². The van der Waals surface area contributed by atoms with E-state index < -0.39 is 0 Å². The third kappa shape index (κ3) is 4.78. The third-order valence-electron chi connectivity index (χ3n) is 2.85. The molecular weight excluding hydrogens is 226 g/mol. The zero-order valence-electron chi connectivity index (χ0n) is 11.7. The van der Waals surface area contributed by atoms with E-state index in [0.717, 1.165) is 24.2 Å². The van der Waals surface area contributed by atoms with E-state index in [0.29, 0.717) is 6.42 Å². The molecule has 0 radical (unpaired) electrons. The van der Waals surface area contributed by atoms with Gasteiger partial charge in [0.25, 0.3) is 0 Å². The molecule has 0 saturated heterocycles. The Balaban J connectivity index is 2.59. The molecule has 1 aromatic carbocycles. The second-order valence-corrected chi connectivity index (χ2v) is 5.21. The van der Waals surface area contributed by atoms with Gasteiger partial charge in [0, 0.05) is 5.54 Å². The number of benzene rings is 1. The van der Waals surface area contributed by atoms with Gasteiger partial charge < -0.3 is 10.1 Å². The van der Waals surface area contributed by atoms with Gasteiger partial charge in [-0.05, 0) is 38.0 Å². The second-order valence-electron chi connectivity index (χ2n) is 5.21. The van der Waals surface area contributed by atoms with E-state index in [9.17, 15) is 4.79 Å². The van der Waals surface area contributed by atoms with E-state index in [-0.39, 0.29) is 11.4 Å². The molecule has 0 aliphatic rings. The average molecular weight is 249 g/mol. The highest BCUT2D eigenvalue weighted by molar-refractivity contribution is 5.79. The van der Waals surface area contributed by atoms with E-state index in [1.165, 1.54) is 0 Å². The Morgan fingerprint density at radius 2 is 2.11 bits per heavy atom. The molecule has 0 spiro atoms. The molecule has 18 heavy (non-hydrogen) atoms. The number of ether oxygens (including phenoxy) is 1. The molecule has 0 saturated carbocycles. The first kappa shape index (κ1) is 14.6. The van der Waals surface area contributed by atoms with Crippen LogP contribution in [0.5, 0.6) is 5.75 Å². The van der Waals surface area contributed by atoms with Crippen LogP contribution >= 0.6 is 0 Å². The maximum atomic E-state index is 12.0. The van der Waals surface area contributed by atoms with Crippen LogP contribution in [-0.2, 0) is 11.2 Å². The number of carbonyl (C=O) groups is 1. The van der Waals surface area contributed by atoms with Crippen molar-refractivity contribution in [3.63, 3.8) is 0 Å². The normalized spacial score (nSPS) is 11.1. The maximum absolute atomic E-state index is 12.0. The summed E-state index contributed by atoms with van der Waals surface area (Å²) in [5.41, 5.74) is 0.837. The highest BCUT2D eigenvalue weighted by atomic mass is 16.5. The number of hydrogen-bond acceptors (Lipinski definition) is 2. The van der Waals surface area contributed by atoms with E-state index in [4.69, 9.17) is 4.74 Å². The topological polar surface area (TPSA) is 38.3 Å². The number of amides is 1. The van der Waals surface area contributed by atoms with E-state index in [1.54, 1.807) is 7.11 Å². The molecule has 3 nitrogen and oxygen atoms in total. The van der Waals surface area contributed by atoms with Crippen LogP contribution in [0.2, 0.25) is 0 Å². The van der Waals surface area contributed by atoms with Crippen molar-refractivity contribution >= 4 is 5.91 Å². The van der Waals surface area contributed by atoms with Crippen LogP contribution in [0.4, 0.5) is 0 Å². The third-order valence-corrected chi connectivity index (χ3v) is 2.85. The Hall–Kier alpha value is -1.51. The van der Waals surface area contributed by atoms with Gasteiger partial charge in [0.2, 0.25) is 5.91 Å². The first-order chi connectivity index (χ1) is 8.46. The quantitative estimate of drug-likeness (QED) is 0.841. The van der Waals surface area contributed by atoms with E-state index in [1.807, 2.05) is 24.3 Å². The Morgan fingerprint density at radius 3 is 2.72 bits per heavy atom. The van der Waals surface area contributed by atoms with Gasteiger partial charge in [-0.1, -0.05) is 25.5 Å². The van der Waals surface area contributed by atoms with Gasteiger partial charge >= 0.3 is 0 Å². The SMILES string of the molecule is CCCC(C)(C)NC(=O)Cc1cccc(OC)c1. The van der Waals surface area contributed by atoms with Gasteiger partial charge in [0.05, 0.1) is 13.5 Å². The number of carbonyl (C=O) groups excluding carboxylic acids is 1. The van der Waals surface area contributed by atoms with Crippen LogP contribution in [0.3, 0.4) is 0 Å². The molecule has 0 aromatic heterocycles. The number of hydrogen-bond donors (Lipinski definition) is 1. The van der Waals surface area contributed by atoms with Crippen LogP contribution < -0.4 is 10.1 Å². The molecule has 1 amide bonds. The molecule has 0 heterocycles. The monoisotopic (exact) mass is 249 g/mol. The summed E-state index contributed by atoms with van der Waals surface area (Å²) in [5.74, 6) is 0.842. The standard InChI is InChI=1S/C15H23NO2/c1-5-9-15(2,3)16-14(17)11-12-7-6-8-13(10-12)18-4/h6-8,10H,5,9,11H2,1-4H3,(H,16,17). The lowest BCUT2D eigenvalue weighted by molar-refractivity contribution is -0.122. The lowest BCUT2D eigenvalue weighted by Gasteiger charge is -2.25. The zero-order chi connectivity index (χ0) is 13.6. The summed E-state index contributed by atoms with van der Waals surface area (Å²) in [4.78, 5) is 12.0. The predicted octanol–water partition coefficient (Wildman–Crippen LogP) is 2.93. The fourth-order valence-electron chi connectivity index (χ4n) is 2.08. The van der Waals surface area contributed by atoms with Crippen molar-refractivity contribution in [3.8, 4) is 5.75 Å². The molecule has 1 rings (SSSR count). The van der Waals surface area contributed by atoms with Gasteiger partial charge in [0.15, 0.2) is 0 Å². The largest absolute Gasteiger partial charge is 0.497 e. The van der Waals surface area contributed by atoms with Gasteiger partial charge in [0.1, 0.15) is 5.75 Å². The molecule has 0 aliphatic heterocycles. The summed E-state index contributed by atoms with van der Waals surface area (Å²) >= 11 is 0. The van der Waals surface area contributed by atoms with E-state index in [2.05, 4.69) is 26.1 Å². The molecule has 0 bridgehead atoms. The zero-order valence-corrected chi connectivity index (χ0v) is 11.7. The molecule has 1 aromatic rings. The van der Waals surface area contributed by atoms with E-state index >= 15 is 0 Å². The Labute approximate surface area is 110 Å². The summed E-state index contributed by atoms with van der Waals surface area (Å²) in [6, 6.07) is 7.61. The van der Waals surface area contributed by atoms with Crippen LogP contribution in [0, 0.1) is 0 Å². The number of rotatable bonds is 6. The number of nitrogens with one attached hydrogen (secondary N) is 1. The van der Waals surface area contributed by atoms with Crippen molar-refractivity contribution in [2.45, 2.75) is 45.6 Å². The van der Waals surface area contributed by atoms with Gasteiger partial charge in [-0.3, -0.25) is 4.79 Å². The summed E-state index contributed by atoms with van der Waals surface area (Å²) < 4.78 is 5.14. The highest BCUT2D eigenvalue weighted by Gasteiger charge is 2.19. The fraction of sp³-hybridized carbons (Fsp3) is 0.533. The van der Waals surface area contributed by atoms with Crippen molar-refractivity contribution in [3.05, 3.63) is 29.8 Å². The summed E-state index contributed by atoms with van der Waals surface area (Å²) in [7, 11) is 1.63. The second kappa shape index (κ2) is 6.43. The van der Waals surface area contributed by atoms with Crippen LogP contribution in [0.15, 0.2) is 24.3 Å². The molecule has 0 fully saturated rings. The molecule has 0 unspecified atom stereocenters. The Bertz CT molecular complexity index is 399. The van der Waals surface area contributed by atoms with Crippen molar-refractivity contribution < 1.29 is 9.53 Å². The maximum Gasteiger partial charge on any atom is 0.224 e. The molecule has 0 aliphatic carbocycles. The molecule has 3 heteroatoms. The minimum atomic E-state index is -0.134. The number of methoxy groups -OCH3 is 1. The summed E-state index contributed by atoms with van der Waals surface area (Å²) in [6.07, 6.45) is 2.44. The smallest absolute Gasteiger partial charge is 0.224 e. The summed E-state index contributed by atoms with van der Waals surface area (Å²) in [6.45, 7) is 6.23. The van der Waals surface area contributed by atoms with Crippen molar-refractivity contribution in [1.82, 2.24) is 5.32 Å².